The van der Waals surface area contributed by atoms with Crippen molar-refractivity contribution in [3.63, 3.8) is 0 Å². The van der Waals surface area contributed by atoms with Gasteiger partial charge in [0.15, 0.2) is 10.1 Å². The van der Waals surface area contributed by atoms with Gasteiger partial charge in [-0.25, -0.2) is 0 Å². The van der Waals surface area contributed by atoms with Crippen LogP contribution in [-0.4, -0.2) is 27.8 Å². The number of furan rings is 1. The highest BCUT2D eigenvalue weighted by atomic mass is 32.2. The number of fused-ring (bicyclic) bond motifs is 1. The lowest BCUT2D eigenvalue weighted by atomic mass is 10.1. The van der Waals surface area contributed by atoms with E-state index < -0.39 is 5.91 Å². The number of thioether (sulfide) groups is 1. The van der Waals surface area contributed by atoms with Gasteiger partial charge in [0.1, 0.15) is 0 Å². The van der Waals surface area contributed by atoms with Gasteiger partial charge in [-0.15, -0.1) is 10.2 Å². The van der Waals surface area contributed by atoms with Crippen LogP contribution >= 0.6 is 23.1 Å². The van der Waals surface area contributed by atoms with Crippen LogP contribution < -0.4 is 10.6 Å². The summed E-state index contributed by atoms with van der Waals surface area (Å²) >= 11 is 2.45. The molecular weight excluding hydrogens is 396 g/mol. The van der Waals surface area contributed by atoms with Crippen LogP contribution in [0, 0.1) is 0 Å². The summed E-state index contributed by atoms with van der Waals surface area (Å²) in [4.78, 5) is 24.2. The number of hydrogen-bond acceptors (Lipinski definition) is 7. The average Bonchev–Trinajstić information content (AvgIpc) is 3.39. The molecule has 2 N–H and O–H groups in total. The van der Waals surface area contributed by atoms with Crippen molar-refractivity contribution in [1.82, 2.24) is 10.2 Å². The third-order valence-electron chi connectivity index (χ3n) is 3.76. The molecule has 2 amide bonds. The minimum atomic E-state index is -0.397. The van der Waals surface area contributed by atoms with Gasteiger partial charge in [-0.1, -0.05) is 59.5 Å². The second kappa shape index (κ2) is 8.24. The molecule has 0 aliphatic carbocycles. The molecule has 0 spiro atoms. The summed E-state index contributed by atoms with van der Waals surface area (Å²) in [6, 6.07) is 16.8. The Balaban J connectivity index is 1.34. The zero-order chi connectivity index (χ0) is 19.3. The van der Waals surface area contributed by atoms with Gasteiger partial charge in [-0.05, 0) is 23.6 Å². The minimum absolute atomic E-state index is 0.141. The second-order valence-electron chi connectivity index (χ2n) is 5.67. The monoisotopic (exact) mass is 410 g/mol. The molecule has 28 heavy (non-hydrogen) atoms. The summed E-state index contributed by atoms with van der Waals surface area (Å²) < 4.78 is 5.61. The van der Waals surface area contributed by atoms with E-state index in [4.69, 9.17) is 4.42 Å². The molecule has 0 atom stereocenters. The van der Waals surface area contributed by atoms with E-state index >= 15 is 0 Å². The van der Waals surface area contributed by atoms with Crippen LogP contribution in [0.15, 0.2) is 69.6 Å². The van der Waals surface area contributed by atoms with E-state index in [2.05, 4.69) is 20.8 Å². The van der Waals surface area contributed by atoms with Crippen molar-refractivity contribution in [2.75, 3.05) is 16.4 Å². The Kier molecular flexibility index (Phi) is 5.36. The van der Waals surface area contributed by atoms with Crippen molar-refractivity contribution in [2.24, 2.45) is 0 Å². The first-order valence-electron chi connectivity index (χ1n) is 8.28. The molecular formula is C19H14N4O3S2. The summed E-state index contributed by atoms with van der Waals surface area (Å²) in [5, 5.41) is 15.8. The summed E-state index contributed by atoms with van der Waals surface area (Å²) in [6.45, 7) is 0. The Bertz CT molecular complexity index is 1120. The Morgan fingerprint density at radius 3 is 2.71 bits per heavy atom. The SMILES string of the molecule is O=C(CSc1nnc(NC(=O)c2ccco2)s1)Nc1cccc2ccccc12. The van der Waals surface area contributed by atoms with Gasteiger partial charge >= 0.3 is 0 Å². The quantitative estimate of drug-likeness (QED) is 0.364. The fourth-order valence-electron chi connectivity index (χ4n) is 2.53. The normalized spacial score (nSPS) is 10.7. The van der Waals surface area contributed by atoms with E-state index in [1.54, 1.807) is 12.1 Å². The van der Waals surface area contributed by atoms with E-state index in [0.717, 1.165) is 16.5 Å². The maximum atomic E-state index is 12.3. The van der Waals surface area contributed by atoms with Gasteiger partial charge in [-0.2, -0.15) is 0 Å². The number of rotatable bonds is 6. The number of carbonyl (C=O) groups excluding carboxylic acids is 2. The highest BCUT2D eigenvalue weighted by Gasteiger charge is 2.13. The highest BCUT2D eigenvalue weighted by molar-refractivity contribution is 8.01. The molecule has 2 heterocycles. The molecule has 9 heteroatoms. The van der Waals surface area contributed by atoms with Crippen LogP contribution in [-0.2, 0) is 4.79 Å². The average molecular weight is 410 g/mol. The van der Waals surface area contributed by atoms with Crippen molar-refractivity contribution >= 4 is 56.5 Å². The molecule has 0 radical (unpaired) electrons. The predicted molar refractivity (Wildman–Crippen MR) is 110 cm³/mol. The minimum Gasteiger partial charge on any atom is -0.459 e. The number of nitrogens with one attached hydrogen (secondary N) is 2. The highest BCUT2D eigenvalue weighted by Crippen LogP contribution is 2.27. The molecule has 2 aromatic carbocycles. The van der Waals surface area contributed by atoms with Crippen LogP contribution in [0.3, 0.4) is 0 Å². The van der Waals surface area contributed by atoms with Crippen LogP contribution in [0.4, 0.5) is 10.8 Å². The number of nitrogens with zero attached hydrogens (tertiary/aromatic N) is 2. The van der Waals surface area contributed by atoms with E-state index in [-0.39, 0.29) is 17.4 Å². The van der Waals surface area contributed by atoms with E-state index in [1.807, 2.05) is 42.5 Å². The van der Waals surface area contributed by atoms with Crippen molar-refractivity contribution < 1.29 is 14.0 Å². The summed E-state index contributed by atoms with van der Waals surface area (Å²) in [5.41, 5.74) is 0.771. The van der Waals surface area contributed by atoms with Gasteiger partial charge in [-0.3, -0.25) is 14.9 Å². The van der Waals surface area contributed by atoms with Gasteiger partial charge in [0, 0.05) is 11.1 Å². The van der Waals surface area contributed by atoms with E-state index in [0.29, 0.717) is 9.47 Å². The molecule has 0 saturated heterocycles. The topological polar surface area (TPSA) is 97.1 Å². The Labute approximate surface area is 168 Å². The van der Waals surface area contributed by atoms with Crippen LogP contribution in [0.1, 0.15) is 10.6 Å². The zero-order valence-electron chi connectivity index (χ0n) is 14.4. The lowest BCUT2D eigenvalue weighted by Gasteiger charge is -2.08. The van der Waals surface area contributed by atoms with Crippen molar-refractivity contribution in [2.45, 2.75) is 4.34 Å². The summed E-state index contributed by atoms with van der Waals surface area (Å²) in [5.74, 6) is -0.160. The maximum Gasteiger partial charge on any atom is 0.293 e. The lowest BCUT2D eigenvalue weighted by molar-refractivity contribution is -0.113. The molecule has 4 rings (SSSR count). The molecule has 0 fully saturated rings. The Morgan fingerprint density at radius 1 is 1.00 bits per heavy atom. The molecule has 140 valence electrons. The maximum absolute atomic E-state index is 12.3. The van der Waals surface area contributed by atoms with Crippen LogP contribution in [0.2, 0.25) is 0 Å². The molecule has 7 nitrogen and oxygen atoms in total. The standard InChI is InChI=1S/C19H14N4O3S2/c24-16(20-14-8-3-6-12-5-1-2-7-13(12)14)11-27-19-23-22-18(28-19)21-17(25)15-9-4-10-26-15/h1-10H,11H2,(H,20,24)(H,21,22,25). The predicted octanol–water partition coefficient (Wildman–Crippen LogP) is 4.27. The fourth-order valence-corrected chi connectivity index (χ4v) is 4.08. The van der Waals surface area contributed by atoms with Crippen molar-refractivity contribution in [3.05, 3.63) is 66.6 Å². The molecule has 0 saturated carbocycles. The van der Waals surface area contributed by atoms with E-state index in [1.165, 1.54) is 29.4 Å². The first kappa shape index (κ1) is 18.2. The lowest BCUT2D eigenvalue weighted by Crippen LogP contribution is -2.14. The fraction of sp³-hybridized carbons (Fsp3) is 0.0526. The molecule has 0 unspecified atom stereocenters. The van der Waals surface area contributed by atoms with Crippen molar-refractivity contribution in [1.29, 1.82) is 0 Å². The third kappa shape index (κ3) is 4.21. The Hall–Kier alpha value is -3.17. The smallest absolute Gasteiger partial charge is 0.293 e. The molecule has 0 bridgehead atoms. The summed E-state index contributed by atoms with van der Waals surface area (Å²) in [7, 11) is 0. The zero-order valence-corrected chi connectivity index (χ0v) is 16.0. The van der Waals surface area contributed by atoms with Gasteiger partial charge in [0.25, 0.3) is 5.91 Å². The van der Waals surface area contributed by atoms with Gasteiger partial charge in [0.2, 0.25) is 11.0 Å². The number of benzene rings is 2. The third-order valence-corrected chi connectivity index (χ3v) is 5.73. The van der Waals surface area contributed by atoms with Gasteiger partial charge in [0.05, 0.1) is 12.0 Å². The van der Waals surface area contributed by atoms with Gasteiger partial charge < -0.3 is 9.73 Å². The number of carbonyl (C=O) groups is 2. The first-order valence-corrected chi connectivity index (χ1v) is 10.1. The summed E-state index contributed by atoms with van der Waals surface area (Å²) in [6.07, 6.45) is 1.42. The molecule has 0 aliphatic heterocycles. The number of aromatic nitrogens is 2. The largest absolute Gasteiger partial charge is 0.459 e. The van der Waals surface area contributed by atoms with Crippen molar-refractivity contribution in [3.8, 4) is 0 Å². The first-order chi connectivity index (χ1) is 13.7. The number of anilines is 2. The molecule has 2 aromatic heterocycles. The molecule has 4 aromatic rings. The Morgan fingerprint density at radius 2 is 1.86 bits per heavy atom. The van der Waals surface area contributed by atoms with Crippen LogP contribution in [0.5, 0.6) is 0 Å². The molecule has 0 aliphatic rings. The second-order valence-corrected chi connectivity index (χ2v) is 7.87. The number of amides is 2. The van der Waals surface area contributed by atoms with Crippen LogP contribution in [0.25, 0.3) is 10.8 Å². The number of hydrogen-bond donors (Lipinski definition) is 2. The van der Waals surface area contributed by atoms with E-state index in [9.17, 15) is 9.59 Å².